The first-order valence-corrected chi connectivity index (χ1v) is 9.20. The number of anilines is 1. The highest BCUT2D eigenvalue weighted by molar-refractivity contribution is 6.31. The third kappa shape index (κ3) is 3.25. The van der Waals surface area contributed by atoms with Gasteiger partial charge in [-0.15, -0.1) is 0 Å². The van der Waals surface area contributed by atoms with Crippen molar-refractivity contribution in [1.82, 2.24) is 4.90 Å². The van der Waals surface area contributed by atoms with Crippen LogP contribution in [0.25, 0.3) is 10.9 Å². The SMILES string of the molecule is Cc1ccc(C(=O)N2CCN(c3cc[nH+]c4cc(Cl)ccc34)CC2)cc1. The third-order valence-corrected chi connectivity index (χ3v) is 5.18. The summed E-state index contributed by atoms with van der Waals surface area (Å²) in [4.78, 5) is 20.2. The van der Waals surface area contributed by atoms with E-state index in [2.05, 4.69) is 16.0 Å². The highest BCUT2D eigenvalue weighted by Gasteiger charge is 2.23. The number of pyridine rings is 1. The third-order valence-electron chi connectivity index (χ3n) is 4.94. The van der Waals surface area contributed by atoms with Gasteiger partial charge in [-0.2, -0.15) is 0 Å². The van der Waals surface area contributed by atoms with Gasteiger partial charge in [-0.05, 0) is 31.2 Å². The molecule has 132 valence electrons. The minimum absolute atomic E-state index is 0.114. The van der Waals surface area contributed by atoms with Crippen LogP contribution in [0, 0.1) is 6.92 Å². The Labute approximate surface area is 158 Å². The Kier molecular flexibility index (Phi) is 4.51. The fourth-order valence-corrected chi connectivity index (χ4v) is 3.64. The number of aryl methyl sites for hydroxylation is 1. The average Bonchev–Trinajstić information content (AvgIpc) is 2.67. The maximum absolute atomic E-state index is 12.7. The Morgan fingerprint density at radius 2 is 1.73 bits per heavy atom. The molecule has 4 nitrogen and oxygen atoms in total. The highest BCUT2D eigenvalue weighted by Crippen LogP contribution is 2.27. The van der Waals surface area contributed by atoms with Gasteiger partial charge in [0.25, 0.3) is 5.91 Å². The molecule has 5 heteroatoms. The van der Waals surface area contributed by atoms with Crippen molar-refractivity contribution in [2.75, 3.05) is 31.1 Å². The molecule has 0 saturated carbocycles. The van der Waals surface area contributed by atoms with Gasteiger partial charge >= 0.3 is 0 Å². The first kappa shape index (κ1) is 16.9. The molecule has 1 fully saturated rings. The summed E-state index contributed by atoms with van der Waals surface area (Å²) >= 11 is 6.10. The minimum atomic E-state index is 0.114. The number of hydrogen-bond donors (Lipinski definition) is 0. The summed E-state index contributed by atoms with van der Waals surface area (Å²) in [6.07, 6.45) is 1.94. The number of aromatic nitrogens is 1. The van der Waals surface area contributed by atoms with Gasteiger partial charge in [-0.1, -0.05) is 29.3 Å². The van der Waals surface area contributed by atoms with Crippen LogP contribution in [0.1, 0.15) is 15.9 Å². The summed E-state index contributed by atoms with van der Waals surface area (Å²) < 4.78 is 0. The van der Waals surface area contributed by atoms with E-state index in [1.54, 1.807) is 0 Å². The van der Waals surface area contributed by atoms with Crippen molar-refractivity contribution in [3.05, 3.63) is 70.9 Å². The first-order valence-electron chi connectivity index (χ1n) is 8.83. The Balaban J connectivity index is 1.50. The number of nitrogens with zero attached hydrogens (tertiary/aromatic N) is 2. The van der Waals surface area contributed by atoms with Crippen molar-refractivity contribution < 1.29 is 9.78 Å². The number of amides is 1. The minimum Gasteiger partial charge on any atom is -0.367 e. The molecule has 1 aromatic heterocycles. The number of rotatable bonds is 2. The number of aromatic amines is 1. The number of fused-ring (bicyclic) bond motifs is 1. The number of nitrogens with one attached hydrogen (secondary N) is 1. The van der Waals surface area contributed by atoms with Crippen LogP contribution in [0.15, 0.2) is 54.7 Å². The second-order valence-electron chi connectivity index (χ2n) is 6.70. The second kappa shape index (κ2) is 6.96. The molecule has 0 spiro atoms. The molecule has 0 radical (unpaired) electrons. The highest BCUT2D eigenvalue weighted by atomic mass is 35.5. The van der Waals surface area contributed by atoms with Crippen molar-refractivity contribution in [1.29, 1.82) is 0 Å². The summed E-state index contributed by atoms with van der Waals surface area (Å²) in [6.45, 7) is 5.11. The van der Waals surface area contributed by atoms with Crippen LogP contribution in [0.5, 0.6) is 0 Å². The summed E-state index contributed by atoms with van der Waals surface area (Å²) in [6, 6.07) is 15.8. The molecule has 0 aliphatic carbocycles. The number of H-pyrrole nitrogens is 1. The molecule has 1 aliphatic rings. The molecule has 1 amide bonds. The molecule has 3 aromatic rings. The van der Waals surface area contributed by atoms with E-state index in [1.165, 1.54) is 11.3 Å². The van der Waals surface area contributed by atoms with Crippen LogP contribution in [0.2, 0.25) is 5.02 Å². The fraction of sp³-hybridized carbons (Fsp3) is 0.238. The fourth-order valence-electron chi connectivity index (χ4n) is 3.46. The summed E-state index contributed by atoms with van der Waals surface area (Å²) in [7, 11) is 0. The van der Waals surface area contributed by atoms with Gasteiger partial charge in [-0.25, -0.2) is 4.98 Å². The number of benzene rings is 2. The summed E-state index contributed by atoms with van der Waals surface area (Å²) in [5.74, 6) is 0.114. The van der Waals surface area contributed by atoms with Gasteiger partial charge in [-0.3, -0.25) is 4.79 Å². The smallest absolute Gasteiger partial charge is 0.253 e. The molecule has 0 unspecified atom stereocenters. The number of halogens is 1. The lowest BCUT2D eigenvalue weighted by Crippen LogP contribution is -2.48. The Bertz CT molecular complexity index is 947. The normalized spacial score (nSPS) is 14.7. The molecular weight excluding hydrogens is 346 g/mol. The lowest BCUT2D eigenvalue weighted by Gasteiger charge is -2.36. The van der Waals surface area contributed by atoms with E-state index in [1.807, 2.05) is 60.5 Å². The number of carbonyl (C=O) groups is 1. The van der Waals surface area contributed by atoms with Crippen LogP contribution in [-0.2, 0) is 0 Å². The van der Waals surface area contributed by atoms with Gasteiger partial charge in [0.15, 0.2) is 6.20 Å². The van der Waals surface area contributed by atoms with Gasteiger partial charge in [0.05, 0.1) is 11.1 Å². The predicted octanol–water partition coefficient (Wildman–Crippen LogP) is 3.58. The van der Waals surface area contributed by atoms with Crippen LogP contribution >= 0.6 is 11.6 Å². The lowest BCUT2D eigenvalue weighted by atomic mass is 10.1. The zero-order chi connectivity index (χ0) is 18.1. The molecule has 1 saturated heterocycles. The van der Waals surface area contributed by atoms with Crippen molar-refractivity contribution in [2.24, 2.45) is 0 Å². The summed E-state index contributed by atoms with van der Waals surface area (Å²) in [5, 5.41) is 1.87. The molecule has 2 aromatic carbocycles. The number of carbonyl (C=O) groups excluding carboxylic acids is 1. The van der Waals surface area contributed by atoms with Crippen molar-refractivity contribution in [2.45, 2.75) is 6.92 Å². The van der Waals surface area contributed by atoms with E-state index in [4.69, 9.17) is 11.6 Å². The second-order valence-corrected chi connectivity index (χ2v) is 7.13. The zero-order valence-corrected chi connectivity index (χ0v) is 15.5. The Morgan fingerprint density at radius 3 is 2.46 bits per heavy atom. The number of hydrogen-bond acceptors (Lipinski definition) is 2. The molecule has 4 rings (SSSR count). The van der Waals surface area contributed by atoms with Crippen molar-refractivity contribution >= 4 is 34.1 Å². The van der Waals surface area contributed by atoms with E-state index >= 15 is 0 Å². The Morgan fingerprint density at radius 1 is 1.00 bits per heavy atom. The molecule has 1 aliphatic heterocycles. The predicted molar refractivity (Wildman–Crippen MR) is 105 cm³/mol. The van der Waals surface area contributed by atoms with Crippen molar-refractivity contribution in [3.63, 3.8) is 0 Å². The van der Waals surface area contributed by atoms with Gasteiger partial charge in [0, 0.05) is 48.9 Å². The van der Waals surface area contributed by atoms with Gasteiger partial charge in [0.1, 0.15) is 0 Å². The zero-order valence-electron chi connectivity index (χ0n) is 14.7. The molecule has 26 heavy (non-hydrogen) atoms. The first-order chi connectivity index (χ1) is 12.6. The van der Waals surface area contributed by atoms with Crippen molar-refractivity contribution in [3.8, 4) is 0 Å². The van der Waals surface area contributed by atoms with Crippen LogP contribution < -0.4 is 9.88 Å². The molecule has 1 N–H and O–H groups in total. The standard InChI is InChI=1S/C21H20ClN3O/c1-15-2-4-16(5-3-15)21(26)25-12-10-24(11-13-25)20-8-9-23-19-14-17(22)6-7-18(19)20/h2-9,14H,10-13H2,1H3/p+1. The monoisotopic (exact) mass is 366 g/mol. The lowest BCUT2D eigenvalue weighted by molar-refractivity contribution is -0.344. The Hall–Kier alpha value is -2.59. The number of piperazine rings is 1. The summed E-state index contributed by atoms with van der Waals surface area (Å²) in [5.41, 5.74) is 4.13. The molecular formula is C21H21ClN3O+. The maximum atomic E-state index is 12.7. The molecule has 0 atom stereocenters. The largest absolute Gasteiger partial charge is 0.367 e. The van der Waals surface area contributed by atoms with E-state index < -0.39 is 0 Å². The van der Waals surface area contributed by atoms with E-state index in [0.717, 1.165) is 47.7 Å². The van der Waals surface area contributed by atoms with E-state index in [0.29, 0.717) is 0 Å². The molecule has 2 heterocycles. The van der Waals surface area contributed by atoms with Crippen LogP contribution in [0.4, 0.5) is 5.69 Å². The average molecular weight is 367 g/mol. The molecule has 0 bridgehead atoms. The van der Waals surface area contributed by atoms with E-state index in [9.17, 15) is 4.79 Å². The van der Waals surface area contributed by atoms with Crippen LogP contribution in [0.3, 0.4) is 0 Å². The van der Waals surface area contributed by atoms with Gasteiger partial charge < -0.3 is 9.80 Å². The maximum Gasteiger partial charge on any atom is 0.253 e. The quantitative estimate of drug-likeness (QED) is 0.695. The van der Waals surface area contributed by atoms with E-state index in [-0.39, 0.29) is 5.91 Å². The van der Waals surface area contributed by atoms with Gasteiger partial charge in [0.2, 0.25) is 5.52 Å². The van der Waals surface area contributed by atoms with Crippen LogP contribution in [-0.4, -0.2) is 37.0 Å². The topological polar surface area (TPSA) is 37.7 Å².